The Morgan fingerprint density at radius 3 is 2.60 bits per heavy atom. The van der Waals surface area contributed by atoms with Crippen molar-refractivity contribution in [1.82, 2.24) is 9.97 Å². The number of nitrogen functional groups attached to an aromatic ring is 1. The number of hydrogen-bond acceptors (Lipinski definition) is 6. The van der Waals surface area contributed by atoms with Gasteiger partial charge in [0.05, 0.1) is 4.90 Å². The van der Waals surface area contributed by atoms with Crippen LogP contribution in [-0.4, -0.2) is 31.2 Å². The third-order valence-corrected chi connectivity index (χ3v) is 5.76. The van der Waals surface area contributed by atoms with Gasteiger partial charge in [0.2, 0.25) is 5.95 Å². The number of nitrogens with two attached hydrogens (primary N) is 1. The van der Waals surface area contributed by atoms with Crippen LogP contribution in [0, 0.1) is 0 Å². The maximum Gasteiger partial charge on any atom is 0.221 e. The van der Waals surface area contributed by atoms with E-state index in [1.807, 2.05) is 18.2 Å². The number of benzene rings is 1. The molecule has 1 aromatic carbocycles. The molecule has 1 aliphatic rings. The first-order valence-electron chi connectivity index (χ1n) is 8.60. The number of nitrogens with zero attached hydrogens (tertiary/aromatic N) is 3. The van der Waals surface area contributed by atoms with Gasteiger partial charge in [0.25, 0.3) is 0 Å². The molecule has 0 radical (unpaired) electrons. The lowest BCUT2D eigenvalue weighted by molar-refractivity contribution is 0.419. The monoisotopic (exact) mass is 360 g/mol. The van der Waals surface area contributed by atoms with E-state index in [4.69, 9.17) is 5.73 Å². The summed E-state index contributed by atoms with van der Waals surface area (Å²) >= 11 is 0. The Hall–Kier alpha value is -2.15. The minimum atomic E-state index is -3.23. The minimum Gasteiger partial charge on any atom is -0.368 e. The predicted octanol–water partition coefficient (Wildman–Crippen LogP) is 3.28. The highest BCUT2D eigenvalue weighted by Gasteiger charge is 2.26. The third kappa shape index (κ3) is 3.76. The number of aromatic nitrogens is 2. The Kier molecular flexibility index (Phi) is 4.94. The molecule has 1 saturated carbocycles. The third-order valence-electron chi connectivity index (χ3n) is 4.65. The summed E-state index contributed by atoms with van der Waals surface area (Å²) in [6, 6.07) is 7.25. The van der Waals surface area contributed by atoms with Crippen molar-refractivity contribution in [1.29, 1.82) is 0 Å². The van der Waals surface area contributed by atoms with Crippen molar-refractivity contribution in [2.24, 2.45) is 0 Å². The fraction of sp³-hybridized carbons (Fsp3) is 0.444. The van der Waals surface area contributed by atoms with E-state index in [1.165, 1.54) is 12.7 Å². The summed E-state index contributed by atoms with van der Waals surface area (Å²) in [7, 11) is -3.23. The zero-order valence-corrected chi connectivity index (χ0v) is 15.5. The van der Waals surface area contributed by atoms with Crippen LogP contribution in [0.3, 0.4) is 0 Å². The zero-order chi connectivity index (χ0) is 18.0. The summed E-state index contributed by atoms with van der Waals surface area (Å²) in [5.41, 5.74) is 7.85. The van der Waals surface area contributed by atoms with Crippen LogP contribution in [0.4, 0.5) is 17.5 Å². The van der Waals surface area contributed by atoms with Gasteiger partial charge in [-0.25, -0.2) is 13.4 Å². The molecule has 0 spiro atoms. The summed E-state index contributed by atoms with van der Waals surface area (Å²) in [6.07, 6.45) is 7.19. The summed E-state index contributed by atoms with van der Waals surface area (Å²) in [4.78, 5) is 10.8. The molecule has 1 heterocycles. The van der Waals surface area contributed by atoms with Crippen molar-refractivity contribution in [3.63, 3.8) is 0 Å². The summed E-state index contributed by atoms with van der Waals surface area (Å²) in [5, 5.41) is 0. The molecule has 0 aliphatic heterocycles. The van der Waals surface area contributed by atoms with E-state index in [-0.39, 0.29) is 5.95 Å². The van der Waals surface area contributed by atoms with E-state index in [0.29, 0.717) is 10.8 Å². The standard InChI is InChI=1S/C18H24N4O2S/c1-3-11-22(17-9-10-20-18(19)21-17)16-8-7-14(25(2,23)24)12-15(16)13-5-4-6-13/h7-10,12-13H,3-6,11H2,1-2H3,(H2,19,20,21). The van der Waals surface area contributed by atoms with Crippen LogP contribution in [0.1, 0.15) is 44.1 Å². The van der Waals surface area contributed by atoms with Gasteiger partial charge in [-0.2, -0.15) is 4.98 Å². The highest BCUT2D eigenvalue weighted by Crippen LogP contribution is 2.43. The summed E-state index contributed by atoms with van der Waals surface area (Å²) in [6.45, 7) is 2.87. The first-order chi connectivity index (χ1) is 11.9. The van der Waals surface area contributed by atoms with Gasteiger partial charge in [-0.1, -0.05) is 13.3 Å². The highest BCUT2D eigenvalue weighted by atomic mass is 32.2. The van der Waals surface area contributed by atoms with E-state index >= 15 is 0 Å². The van der Waals surface area contributed by atoms with Crippen molar-refractivity contribution >= 4 is 27.3 Å². The van der Waals surface area contributed by atoms with E-state index in [0.717, 1.165) is 42.9 Å². The molecule has 2 N–H and O–H groups in total. The Bertz CT molecular complexity index is 863. The molecule has 2 aromatic rings. The lowest BCUT2D eigenvalue weighted by Crippen LogP contribution is -2.23. The molecule has 25 heavy (non-hydrogen) atoms. The van der Waals surface area contributed by atoms with E-state index in [2.05, 4.69) is 21.8 Å². The van der Waals surface area contributed by atoms with Crippen LogP contribution >= 0.6 is 0 Å². The molecule has 3 rings (SSSR count). The Morgan fingerprint density at radius 2 is 2.04 bits per heavy atom. The van der Waals surface area contributed by atoms with Crippen molar-refractivity contribution < 1.29 is 8.42 Å². The number of anilines is 3. The van der Waals surface area contributed by atoms with Crippen LogP contribution in [-0.2, 0) is 9.84 Å². The lowest BCUT2D eigenvalue weighted by Gasteiger charge is -2.33. The van der Waals surface area contributed by atoms with Crippen molar-refractivity contribution in [2.75, 3.05) is 23.4 Å². The molecule has 0 bridgehead atoms. The molecule has 1 aliphatic carbocycles. The van der Waals surface area contributed by atoms with Gasteiger partial charge in [0.15, 0.2) is 9.84 Å². The van der Waals surface area contributed by atoms with Gasteiger partial charge < -0.3 is 10.6 Å². The molecular formula is C18H24N4O2S. The largest absolute Gasteiger partial charge is 0.368 e. The number of hydrogen-bond donors (Lipinski definition) is 1. The Morgan fingerprint density at radius 1 is 1.28 bits per heavy atom. The second kappa shape index (κ2) is 7.00. The predicted molar refractivity (Wildman–Crippen MR) is 99.9 cm³/mol. The average Bonchev–Trinajstić information content (AvgIpc) is 2.50. The van der Waals surface area contributed by atoms with Gasteiger partial charge in [-0.05, 0) is 55.0 Å². The zero-order valence-electron chi connectivity index (χ0n) is 14.6. The lowest BCUT2D eigenvalue weighted by atomic mass is 9.79. The molecule has 1 aromatic heterocycles. The number of rotatable bonds is 6. The van der Waals surface area contributed by atoms with E-state index in [1.54, 1.807) is 12.3 Å². The molecular weight excluding hydrogens is 336 g/mol. The van der Waals surface area contributed by atoms with Crippen LogP contribution in [0.15, 0.2) is 35.4 Å². The second-order valence-electron chi connectivity index (χ2n) is 6.55. The molecule has 0 saturated heterocycles. The van der Waals surface area contributed by atoms with Gasteiger partial charge in [0, 0.05) is 24.7 Å². The van der Waals surface area contributed by atoms with E-state index in [9.17, 15) is 8.42 Å². The first-order valence-corrected chi connectivity index (χ1v) is 10.5. The fourth-order valence-corrected chi connectivity index (χ4v) is 3.81. The van der Waals surface area contributed by atoms with E-state index < -0.39 is 9.84 Å². The van der Waals surface area contributed by atoms with Crippen molar-refractivity contribution in [3.05, 3.63) is 36.0 Å². The average molecular weight is 360 g/mol. The maximum absolute atomic E-state index is 12.0. The molecule has 6 nitrogen and oxygen atoms in total. The van der Waals surface area contributed by atoms with Gasteiger partial charge >= 0.3 is 0 Å². The molecule has 0 amide bonds. The highest BCUT2D eigenvalue weighted by molar-refractivity contribution is 7.90. The maximum atomic E-state index is 12.0. The SMILES string of the molecule is CCCN(c1ccnc(N)n1)c1ccc(S(C)(=O)=O)cc1C1CCC1. The Balaban J connectivity index is 2.11. The van der Waals surface area contributed by atoms with Crippen molar-refractivity contribution in [3.8, 4) is 0 Å². The first kappa shape index (κ1) is 17.7. The van der Waals surface area contributed by atoms with Crippen LogP contribution in [0.2, 0.25) is 0 Å². The molecule has 1 fully saturated rings. The molecule has 7 heteroatoms. The van der Waals surface area contributed by atoms with Crippen LogP contribution in [0.25, 0.3) is 0 Å². The molecule has 134 valence electrons. The van der Waals surface area contributed by atoms with Gasteiger partial charge in [-0.15, -0.1) is 0 Å². The fourth-order valence-electron chi connectivity index (χ4n) is 3.15. The van der Waals surface area contributed by atoms with Gasteiger partial charge in [0.1, 0.15) is 5.82 Å². The minimum absolute atomic E-state index is 0.233. The van der Waals surface area contributed by atoms with Crippen LogP contribution < -0.4 is 10.6 Å². The quantitative estimate of drug-likeness (QED) is 0.850. The summed E-state index contributed by atoms with van der Waals surface area (Å²) in [5.74, 6) is 1.37. The Labute approximate surface area is 149 Å². The van der Waals surface area contributed by atoms with Crippen molar-refractivity contribution in [2.45, 2.75) is 43.4 Å². The summed E-state index contributed by atoms with van der Waals surface area (Å²) < 4.78 is 24.0. The number of sulfone groups is 1. The molecule has 0 unspecified atom stereocenters. The van der Waals surface area contributed by atoms with Crippen LogP contribution in [0.5, 0.6) is 0 Å². The topological polar surface area (TPSA) is 89.2 Å². The van der Waals surface area contributed by atoms with Gasteiger partial charge in [-0.3, -0.25) is 0 Å². The normalized spacial score (nSPS) is 15.0. The smallest absolute Gasteiger partial charge is 0.221 e. The second-order valence-corrected chi connectivity index (χ2v) is 8.56. The molecule has 0 atom stereocenters.